The summed E-state index contributed by atoms with van der Waals surface area (Å²) in [6.07, 6.45) is 0.959. The Morgan fingerprint density at radius 3 is 2.45 bits per heavy atom. The number of hydrogen-bond donors (Lipinski definition) is 3. The molecular formula is C16H30N4O2. The normalized spacial score (nSPS) is 14.0. The zero-order valence-corrected chi connectivity index (χ0v) is 14.6. The number of rotatable bonds is 7. The van der Waals surface area contributed by atoms with Crippen molar-refractivity contribution in [3.05, 3.63) is 17.0 Å². The molecule has 0 spiro atoms. The molecule has 2 unspecified atom stereocenters. The third-order valence-corrected chi connectivity index (χ3v) is 3.87. The van der Waals surface area contributed by atoms with Crippen molar-refractivity contribution in [1.82, 2.24) is 20.4 Å². The van der Waals surface area contributed by atoms with Gasteiger partial charge in [-0.05, 0) is 32.6 Å². The average Bonchev–Trinajstić information content (AvgIpc) is 2.67. The fourth-order valence-electron chi connectivity index (χ4n) is 2.72. The van der Waals surface area contributed by atoms with Gasteiger partial charge in [-0.25, -0.2) is 4.79 Å². The number of aryl methyl sites for hydroxylation is 2. The van der Waals surface area contributed by atoms with E-state index in [1.807, 2.05) is 46.3 Å². The van der Waals surface area contributed by atoms with Crippen LogP contribution in [-0.2, 0) is 7.05 Å². The number of hydrogen-bond acceptors (Lipinski definition) is 3. The van der Waals surface area contributed by atoms with Gasteiger partial charge in [-0.2, -0.15) is 5.10 Å². The quantitative estimate of drug-likeness (QED) is 0.722. The SMILES string of the molecule is CCC(NC(=O)NCC(O)CC(C)C)c1c(C)nn(C)c1C. The summed E-state index contributed by atoms with van der Waals surface area (Å²) in [7, 11) is 1.90. The second-order valence-electron chi connectivity index (χ2n) is 6.31. The molecule has 0 aliphatic heterocycles. The molecule has 126 valence electrons. The van der Waals surface area contributed by atoms with Gasteiger partial charge in [0, 0.05) is 24.8 Å². The minimum absolute atomic E-state index is 0.0732. The fraction of sp³-hybridized carbons (Fsp3) is 0.750. The van der Waals surface area contributed by atoms with E-state index in [9.17, 15) is 9.90 Å². The number of urea groups is 1. The van der Waals surface area contributed by atoms with E-state index < -0.39 is 6.10 Å². The van der Waals surface area contributed by atoms with E-state index in [1.54, 1.807) is 0 Å². The summed E-state index contributed by atoms with van der Waals surface area (Å²) >= 11 is 0. The van der Waals surface area contributed by atoms with E-state index in [1.165, 1.54) is 0 Å². The van der Waals surface area contributed by atoms with E-state index in [0.717, 1.165) is 23.4 Å². The maximum Gasteiger partial charge on any atom is 0.315 e. The fourth-order valence-corrected chi connectivity index (χ4v) is 2.72. The number of carbonyl (C=O) groups is 1. The zero-order valence-electron chi connectivity index (χ0n) is 14.6. The van der Waals surface area contributed by atoms with Crippen LogP contribution in [0.2, 0.25) is 0 Å². The zero-order chi connectivity index (χ0) is 16.9. The summed E-state index contributed by atoms with van der Waals surface area (Å²) in [5.41, 5.74) is 3.07. The molecule has 2 amide bonds. The van der Waals surface area contributed by atoms with E-state index >= 15 is 0 Å². The summed E-state index contributed by atoms with van der Waals surface area (Å²) in [5.74, 6) is 0.406. The number of aromatic nitrogens is 2. The van der Waals surface area contributed by atoms with Gasteiger partial charge in [-0.1, -0.05) is 20.8 Å². The lowest BCUT2D eigenvalue weighted by Crippen LogP contribution is -2.41. The first-order valence-corrected chi connectivity index (χ1v) is 7.98. The first-order chi connectivity index (χ1) is 10.3. The van der Waals surface area contributed by atoms with Gasteiger partial charge in [0.15, 0.2) is 0 Å². The number of nitrogens with one attached hydrogen (secondary N) is 2. The molecule has 1 rings (SSSR count). The minimum atomic E-state index is -0.507. The first-order valence-electron chi connectivity index (χ1n) is 7.98. The van der Waals surface area contributed by atoms with Crippen molar-refractivity contribution >= 4 is 6.03 Å². The van der Waals surface area contributed by atoms with Gasteiger partial charge < -0.3 is 15.7 Å². The highest BCUT2D eigenvalue weighted by Gasteiger charge is 2.20. The smallest absolute Gasteiger partial charge is 0.315 e. The van der Waals surface area contributed by atoms with E-state index in [0.29, 0.717) is 12.3 Å². The van der Waals surface area contributed by atoms with Gasteiger partial charge in [-0.3, -0.25) is 4.68 Å². The van der Waals surface area contributed by atoms with Crippen LogP contribution < -0.4 is 10.6 Å². The predicted molar refractivity (Wildman–Crippen MR) is 87.7 cm³/mol. The summed E-state index contributed by atoms with van der Waals surface area (Å²) in [5, 5.41) is 19.9. The Morgan fingerprint density at radius 2 is 2.00 bits per heavy atom. The highest BCUT2D eigenvalue weighted by molar-refractivity contribution is 5.74. The molecule has 1 heterocycles. The maximum atomic E-state index is 12.0. The molecular weight excluding hydrogens is 280 g/mol. The van der Waals surface area contributed by atoms with Crippen molar-refractivity contribution in [2.24, 2.45) is 13.0 Å². The van der Waals surface area contributed by atoms with Gasteiger partial charge in [0.25, 0.3) is 0 Å². The molecule has 2 atom stereocenters. The third kappa shape index (κ3) is 5.02. The highest BCUT2D eigenvalue weighted by Crippen LogP contribution is 2.23. The average molecular weight is 310 g/mol. The lowest BCUT2D eigenvalue weighted by atomic mass is 10.0. The molecule has 22 heavy (non-hydrogen) atoms. The van der Waals surface area contributed by atoms with Crippen molar-refractivity contribution in [3.8, 4) is 0 Å². The summed E-state index contributed by atoms with van der Waals surface area (Å²) in [6, 6.07) is -0.326. The number of carbonyl (C=O) groups excluding carboxylic acids is 1. The van der Waals surface area contributed by atoms with Crippen LogP contribution >= 0.6 is 0 Å². The molecule has 3 N–H and O–H groups in total. The van der Waals surface area contributed by atoms with Crippen LogP contribution in [0.1, 0.15) is 56.6 Å². The van der Waals surface area contributed by atoms with Crippen molar-refractivity contribution in [2.45, 2.75) is 59.6 Å². The molecule has 0 radical (unpaired) electrons. The molecule has 0 fully saturated rings. The van der Waals surface area contributed by atoms with Crippen molar-refractivity contribution in [1.29, 1.82) is 0 Å². The molecule has 1 aromatic heterocycles. The third-order valence-electron chi connectivity index (χ3n) is 3.87. The predicted octanol–water partition coefficient (Wildman–Crippen LogP) is 2.19. The summed E-state index contributed by atoms with van der Waals surface area (Å²) in [4.78, 5) is 12.0. The molecule has 6 nitrogen and oxygen atoms in total. The van der Waals surface area contributed by atoms with Gasteiger partial charge in [0.05, 0.1) is 17.8 Å². The molecule has 6 heteroatoms. The Morgan fingerprint density at radius 1 is 1.36 bits per heavy atom. The Labute approximate surface area is 133 Å². The summed E-state index contributed by atoms with van der Waals surface area (Å²) in [6.45, 7) is 10.4. The standard InChI is InChI=1S/C16H30N4O2/c1-7-14(15-11(4)19-20(6)12(15)5)18-16(22)17-9-13(21)8-10(2)3/h10,13-14,21H,7-9H2,1-6H3,(H2,17,18,22). The lowest BCUT2D eigenvalue weighted by Gasteiger charge is -2.20. The van der Waals surface area contributed by atoms with Gasteiger partial charge >= 0.3 is 6.03 Å². The molecule has 0 bridgehead atoms. The van der Waals surface area contributed by atoms with Crippen LogP contribution in [0.4, 0.5) is 4.79 Å². The number of aliphatic hydroxyl groups excluding tert-OH is 1. The van der Waals surface area contributed by atoms with Crippen LogP contribution in [0.15, 0.2) is 0 Å². The van der Waals surface area contributed by atoms with Crippen molar-refractivity contribution < 1.29 is 9.90 Å². The maximum absolute atomic E-state index is 12.0. The van der Waals surface area contributed by atoms with Gasteiger partial charge in [0.2, 0.25) is 0 Å². The number of aliphatic hydroxyl groups is 1. The molecule has 0 aliphatic rings. The monoisotopic (exact) mass is 310 g/mol. The second-order valence-corrected chi connectivity index (χ2v) is 6.31. The topological polar surface area (TPSA) is 79.2 Å². The van der Waals surface area contributed by atoms with E-state index in [-0.39, 0.29) is 18.6 Å². The molecule has 0 aromatic carbocycles. The van der Waals surface area contributed by atoms with Crippen molar-refractivity contribution in [3.63, 3.8) is 0 Å². The largest absolute Gasteiger partial charge is 0.391 e. The van der Waals surface area contributed by atoms with Gasteiger partial charge in [0.1, 0.15) is 0 Å². The minimum Gasteiger partial charge on any atom is -0.391 e. The Bertz CT molecular complexity index is 497. The van der Waals surface area contributed by atoms with Crippen LogP contribution in [0.5, 0.6) is 0 Å². The Kier molecular flexibility index (Phi) is 6.87. The summed E-state index contributed by atoms with van der Waals surface area (Å²) < 4.78 is 1.83. The molecule has 0 saturated carbocycles. The highest BCUT2D eigenvalue weighted by atomic mass is 16.3. The van der Waals surface area contributed by atoms with Crippen LogP contribution in [0.25, 0.3) is 0 Å². The van der Waals surface area contributed by atoms with Crippen LogP contribution in [0, 0.1) is 19.8 Å². The molecule has 0 aliphatic carbocycles. The van der Waals surface area contributed by atoms with Crippen LogP contribution in [0.3, 0.4) is 0 Å². The van der Waals surface area contributed by atoms with E-state index in [2.05, 4.69) is 15.7 Å². The Balaban J connectivity index is 2.61. The second kappa shape index (κ2) is 8.17. The molecule has 0 saturated heterocycles. The Hall–Kier alpha value is -1.56. The molecule has 1 aromatic rings. The lowest BCUT2D eigenvalue weighted by molar-refractivity contribution is 0.146. The first kappa shape index (κ1) is 18.5. The number of nitrogens with zero attached hydrogens (tertiary/aromatic N) is 2. The number of amides is 2. The van der Waals surface area contributed by atoms with Crippen LogP contribution in [-0.4, -0.2) is 33.6 Å². The van der Waals surface area contributed by atoms with Gasteiger partial charge in [-0.15, -0.1) is 0 Å². The van der Waals surface area contributed by atoms with E-state index in [4.69, 9.17) is 0 Å². The van der Waals surface area contributed by atoms with Crippen molar-refractivity contribution in [2.75, 3.05) is 6.54 Å².